The van der Waals surface area contributed by atoms with Crippen molar-refractivity contribution < 1.29 is 19.4 Å². The lowest BCUT2D eigenvalue weighted by atomic mass is 10.1. The SMILES string of the molecule is O=C(NCc1cc(Br)cc(C(=O)O)c1)OCc1ccccc1. The summed E-state index contributed by atoms with van der Waals surface area (Å²) in [4.78, 5) is 22.6. The minimum absolute atomic E-state index is 0.156. The Hall–Kier alpha value is -2.34. The summed E-state index contributed by atoms with van der Waals surface area (Å²) in [6.07, 6.45) is -0.555. The van der Waals surface area contributed by atoms with Crippen LogP contribution in [0.25, 0.3) is 0 Å². The molecule has 114 valence electrons. The van der Waals surface area contributed by atoms with Crippen LogP contribution in [-0.4, -0.2) is 17.2 Å². The van der Waals surface area contributed by atoms with E-state index in [4.69, 9.17) is 9.84 Å². The zero-order chi connectivity index (χ0) is 15.9. The monoisotopic (exact) mass is 363 g/mol. The van der Waals surface area contributed by atoms with Crippen LogP contribution >= 0.6 is 15.9 Å². The topological polar surface area (TPSA) is 75.6 Å². The maximum absolute atomic E-state index is 11.6. The van der Waals surface area contributed by atoms with E-state index in [1.165, 1.54) is 12.1 Å². The number of carbonyl (C=O) groups is 2. The van der Waals surface area contributed by atoms with Gasteiger partial charge < -0.3 is 15.2 Å². The van der Waals surface area contributed by atoms with Gasteiger partial charge in [-0.15, -0.1) is 0 Å². The second-order valence-electron chi connectivity index (χ2n) is 4.57. The number of benzene rings is 2. The Morgan fingerprint density at radius 3 is 2.50 bits per heavy atom. The van der Waals surface area contributed by atoms with E-state index >= 15 is 0 Å². The van der Waals surface area contributed by atoms with Crippen molar-refractivity contribution in [3.05, 3.63) is 69.7 Å². The Morgan fingerprint density at radius 1 is 1.09 bits per heavy atom. The first-order valence-corrected chi connectivity index (χ1v) is 7.31. The van der Waals surface area contributed by atoms with Crippen molar-refractivity contribution in [1.82, 2.24) is 5.32 Å². The third-order valence-corrected chi connectivity index (χ3v) is 3.31. The molecule has 2 aromatic carbocycles. The van der Waals surface area contributed by atoms with E-state index in [1.54, 1.807) is 6.07 Å². The van der Waals surface area contributed by atoms with Crippen LogP contribution in [0.15, 0.2) is 53.0 Å². The van der Waals surface area contributed by atoms with Gasteiger partial charge in [0.2, 0.25) is 0 Å². The van der Waals surface area contributed by atoms with Gasteiger partial charge >= 0.3 is 12.1 Å². The lowest BCUT2D eigenvalue weighted by molar-refractivity contribution is 0.0696. The Balaban J connectivity index is 1.87. The summed E-state index contributed by atoms with van der Waals surface area (Å²) in [5.41, 5.74) is 1.72. The normalized spacial score (nSPS) is 10.0. The van der Waals surface area contributed by atoms with E-state index in [0.29, 0.717) is 10.0 Å². The van der Waals surface area contributed by atoms with Crippen molar-refractivity contribution >= 4 is 28.0 Å². The first kappa shape index (κ1) is 16.0. The number of amides is 1. The summed E-state index contributed by atoms with van der Waals surface area (Å²) < 4.78 is 5.72. The van der Waals surface area contributed by atoms with Gasteiger partial charge in [0.25, 0.3) is 0 Å². The number of alkyl carbamates (subject to hydrolysis) is 1. The summed E-state index contributed by atoms with van der Waals surface area (Å²) in [7, 11) is 0. The molecule has 0 unspecified atom stereocenters. The van der Waals surface area contributed by atoms with Crippen LogP contribution in [0.3, 0.4) is 0 Å². The summed E-state index contributed by atoms with van der Waals surface area (Å²) in [5, 5.41) is 11.6. The first-order valence-electron chi connectivity index (χ1n) is 6.52. The summed E-state index contributed by atoms with van der Waals surface area (Å²) >= 11 is 3.24. The number of carbonyl (C=O) groups excluding carboxylic acids is 1. The van der Waals surface area contributed by atoms with E-state index < -0.39 is 12.1 Å². The molecule has 0 saturated carbocycles. The van der Waals surface area contributed by atoms with E-state index in [0.717, 1.165) is 5.56 Å². The number of carboxylic acid groups (broad SMARTS) is 1. The van der Waals surface area contributed by atoms with E-state index in [2.05, 4.69) is 21.2 Å². The number of carboxylic acids is 1. The Kier molecular flexibility index (Phi) is 5.55. The number of hydrogen-bond acceptors (Lipinski definition) is 3. The predicted molar refractivity (Wildman–Crippen MR) is 84.6 cm³/mol. The third kappa shape index (κ3) is 4.89. The highest BCUT2D eigenvalue weighted by Gasteiger charge is 2.08. The smallest absolute Gasteiger partial charge is 0.407 e. The molecule has 0 radical (unpaired) electrons. The van der Waals surface area contributed by atoms with Gasteiger partial charge in [-0.25, -0.2) is 9.59 Å². The second-order valence-corrected chi connectivity index (χ2v) is 5.48. The van der Waals surface area contributed by atoms with Gasteiger partial charge in [0.1, 0.15) is 6.61 Å². The van der Waals surface area contributed by atoms with Crippen molar-refractivity contribution in [1.29, 1.82) is 0 Å². The van der Waals surface area contributed by atoms with Crippen molar-refractivity contribution in [2.75, 3.05) is 0 Å². The Labute approximate surface area is 136 Å². The van der Waals surface area contributed by atoms with Gasteiger partial charge in [-0.1, -0.05) is 46.3 Å². The molecule has 0 saturated heterocycles. The molecule has 0 aromatic heterocycles. The lowest BCUT2D eigenvalue weighted by Crippen LogP contribution is -2.23. The van der Waals surface area contributed by atoms with Crippen LogP contribution in [0.4, 0.5) is 4.79 Å². The lowest BCUT2D eigenvalue weighted by Gasteiger charge is -2.08. The predicted octanol–water partition coefficient (Wildman–Crippen LogP) is 3.57. The maximum atomic E-state index is 11.6. The van der Waals surface area contributed by atoms with Crippen molar-refractivity contribution in [3.8, 4) is 0 Å². The highest BCUT2D eigenvalue weighted by molar-refractivity contribution is 9.10. The van der Waals surface area contributed by atoms with E-state index in [1.807, 2.05) is 30.3 Å². The molecule has 0 aliphatic carbocycles. The minimum Gasteiger partial charge on any atom is -0.478 e. The summed E-state index contributed by atoms with van der Waals surface area (Å²) in [6, 6.07) is 14.1. The zero-order valence-electron chi connectivity index (χ0n) is 11.6. The molecule has 0 atom stereocenters. The molecular weight excluding hydrogens is 350 g/mol. The van der Waals surface area contributed by atoms with Gasteiger partial charge in [-0.05, 0) is 29.3 Å². The van der Waals surface area contributed by atoms with Crippen LogP contribution in [0.1, 0.15) is 21.5 Å². The van der Waals surface area contributed by atoms with Gasteiger partial charge in [-0.3, -0.25) is 0 Å². The summed E-state index contributed by atoms with van der Waals surface area (Å²) in [6.45, 7) is 0.374. The van der Waals surface area contributed by atoms with Crippen LogP contribution < -0.4 is 5.32 Å². The fourth-order valence-electron chi connectivity index (χ4n) is 1.82. The molecular formula is C16H14BrNO4. The standard InChI is InChI=1S/C16H14BrNO4/c17-14-7-12(6-13(8-14)15(19)20)9-18-16(21)22-10-11-4-2-1-3-5-11/h1-8H,9-10H2,(H,18,21)(H,19,20). The first-order chi connectivity index (χ1) is 10.5. The maximum Gasteiger partial charge on any atom is 0.407 e. The Bertz CT molecular complexity index is 673. The molecule has 5 nitrogen and oxygen atoms in total. The zero-order valence-corrected chi connectivity index (χ0v) is 13.2. The number of halogens is 1. The molecule has 1 amide bonds. The number of ether oxygens (including phenoxy) is 1. The molecule has 6 heteroatoms. The quantitative estimate of drug-likeness (QED) is 0.851. The third-order valence-electron chi connectivity index (χ3n) is 2.85. The minimum atomic E-state index is -1.02. The molecule has 0 fully saturated rings. The second kappa shape index (κ2) is 7.61. The van der Waals surface area contributed by atoms with Crippen molar-refractivity contribution in [2.45, 2.75) is 13.2 Å². The van der Waals surface area contributed by atoms with Gasteiger partial charge in [0, 0.05) is 11.0 Å². The highest BCUT2D eigenvalue weighted by Crippen LogP contribution is 2.16. The number of nitrogens with one attached hydrogen (secondary N) is 1. The fraction of sp³-hybridized carbons (Fsp3) is 0.125. The molecule has 0 heterocycles. The number of aromatic carboxylic acids is 1. The largest absolute Gasteiger partial charge is 0.478 e. The number of rotatable bonds is 5. The summed E-state index contributed by atoms with van der Waals surface area (Å²) in [5.74, 6) is -1.02. The Morgan fingerprint density at radius 2 is 1.82 bits per heavy atom. The average Bonchev–Trinajstić information content (AvgIpc) is 2.51. The average molecular weight is 364 g/mol. The molecule has 2 N–H and O–H groups in total. The van der Waals surface area contributed by atoms with Crippen molar-refractivity contribution in [3.63, 3.8) is 0 Å². The molecule has 0 aliphatic heterocycles. The van der Waals surface area contributed by atoms with Crippen LogP contribution in [0.5, 0.6) is 0 Å². The van der Waals surface area contributed by atoms with Gasteiger partial charge in [-0.2, -0.15) is 0 Å². The molecule has 22 heavy (non-hydrogen) atoms. The molecule has 2 rings (SSSR count). The van der Waals surface area contributed by atoms with E-state index in [-0.39, 0.29) is 18.7 Å². The highest BCUT2D eigenvalue weighted by atomic mass is 79.9. The van der Waals surface area contributed by atoms with Gasteiger partial charge in [0.05, 0.1) is 5.56 Å². The molecule has 0 aliphatic rings. The van der Waals surface area contributed by atoms with Gasteiger partial charge in [0.15, 0.2) is 0 Å². The molecule has 0 bridgehead atoms. The van der Waals surface area contributed by atoms with E-state index in [9.17, 15) is 9.59 Å². The van der Waals surface area contributed by atoms with Crippen LogP contribution in [0, 0.1) is 0 Å². The van der Waals surface area contributed by atoms with Crippen LogP contribution in [-0.2, 0) is 17.9 Å². The number of hydrogen-bond donors (Lipinski definition) is 2. The fourth-order valence-corrected chi connectivity index (χ4v) is 2.36. The van der Waals surface area contributed by atoms with Crippen molar-refractivity contribution in [2.24, 2.45) is 0 Å². The molecule has 2 aromatic rings. The van der Waals surface area contributed by atoms with Crippen LogP contribution in [0.2, 0.25) is 0 Å². The molecule has 0 spiro atoms.